The number of halogens is 2. The van der Waals surface area contributed by atoms with Gasteiger partial charge in [0.1, 0.15) is 11.6 Å². The summed E-state index contributed by atoms with van der Waals surface area (Å²) in [4.78, 5) is 25.8. The number of aromatic nitrogens is 2. The molecule has 1 amide bonds. The molecule has 2 aromatic carbocycles. The minimum atomic E-state index is -4.25. The monoisotopic (exact) mass is 571 g/mol. The number of sulfonamides is 1. The number of benzene rings is 2. The van der Waals surface area contributed by atoms with Crippen LogP contribution in [0.2, 0.25) is 0 Å². The quantitative estimate of drug-likeness (QED) is 0.373. The molecule has 2 aliphatic rings. The van der Waals surface area contributed by atoms with Crippen molar-refractivity contribution in [1.82, 2.24) is 19.8 Å². The van der Waals surface area contributed by atoms with Crippen LogP contribution in [0.1, 0.15) is 54.0 Å². The van der Waals surface area contributed by atoms with Gasteiger partial charge in [0.2, 0.25) is 15.9 Å². The van der Waals surface area contributed by atoms with Crippen molar-refractivity contribution < 1.29 is 26.8 Å². The molecule has 3 N–H and O–H groups in total. The number of hydrogen-bond acceptors (Lipinski definition) is 6. The van der Waals surface area contributed by atoms with Crippen molar-refractivity contribution in [2.24, 2.45) is 5.92 Å². The van der Waals surface area contributed by atoms with Crippen LogP contribution in [0.5, 0.6) is 0 Å². The number of H-pyrrole nitrogens is 1. The van der Waals surface area contributed by atoms with Crippen LogP contribution in [0.25, 0.3) is 0 Å². The molecule has 40 heavy (non-hydrogen) atoms. The molecule has 0 aliphatic carbocycles. The zero-order chi connectivity index (χ0) is 28.7. The molecule has 1 aromatic heterocycles. The molecule has 12 heteroatoms. The highest BCUT2D eigenvalue weighted by Crippen LogP contribution is 2.37. The maximum Gasteiger partial charge on any atom is 0.243 e. The van der Waals surface area contributed by atoms with Crippen molar-refractivity contribution in [3.8, 4) is 0 Å². The highest BCUT2D eigenvalue weighted by atomic mass is 32.2. The predicted molar refractivity (Wildman–Crippen MR) is 144 cm³/mol. The molecular weight excluding hydrogens is 540 g/mol. The van der Waals surface area contributed by atoms with Crippen LogP contribution in [0.3, 0.4) is 0 Å². The summed E-state index contributed by atoms with van der Waals surface area (Å²) in [5.74, 6) is -2.52. The third kappa shape index (κ3) is 5.56. The molecule has 212 valence electrons. The highest BCUT2D eigenvalue weighted by Gasteiger charge is 2.41. The number of aromatic amines is 1. The number of fused-ring (bicyclic) bond motifs is 1. The van der Waals surface area contributed by atoms with Gasteiger partial charge >= 0.3 is 0 Å². The van der Waals surface area contributed by atoms with Gasteiger partial charge in [-0.25, -0.2) is 17.2 Å². The number of carbonyl (C=O) groups excluding carboxylic acids is 2. The van der Waals surface area contributed by atoms with Gasteiger partial charge in [-0.15, -0.1) is 0 Å². The molecule has 1 saturated heterocycles. The molecule has 0 spiro atoms. The van der Waals surface area contributed by atoms with Gasteiger partial charge in [-0.3, -0.25) is 14.7 Å². The SMILES string of the molecule is CC1(C)CN(S(=O)(=O)c2cc(F)cc(F)c2)Cc2c1n[nH]c2CC(=O)c1ccccc1NC(=O)C1CCNCC1. The second-order valence-electron chi connectivity index (χ2n) is 11.0. The minimum absolute atomic E-state index is 0.0320. The van der Waals surface area contributed by atoms with Gasteiger partial charge in [-0.1, -0.05) is 26.0 Å². The summed E-state index contributed by atoms with van der Waals surface area (Å²) in [7, 11) is -4.25. The number of ketones is 1. The van der Waals surface area contributed by atoms with Gasteiger partial charge in [0.25, 0.3) is 0 Å². The Hall–Kier alpha value is -3.48. The van der Waals surface area contributed by atoms with Crippen molar-refractivity contribution in [1.29, 1.82) is 0 Å². The van der Waals surface area contributed by atoms with Crippen LogP contribution in [-0.4, -0.2) is 54.2 Å². The Morgan fingerprint density at radius 3 is 2.48 bits per heavy atom. The number of hydrogen-bond donors (Lipinski definition) is 3. The third-order valence-electron chi connectivity index (χ3n) is 7.51. The second kappa shape index (κ2) is 10.8. The van der Waals surface area contributed by atoms with E-state index in [1.165, 1.54) is 0 Å². The van der Waals surface area contributed by atoms with Gasteiger partial charge in [0.05, 0.1) is 22.7 Å². The third-order valence-corrected chi connectivity index (χ3v) is 9.28. The Morgan fingerprint density at radius 2 is 1.77 bits per heavy atom. The van der Waals surface area contributed by atoms with Crippen LogP contribution in [0, 0.1) is 17.6 Å². The Balaban J connectivity index is 1.40. The van der Waals surface area contributed by atoms with Crippen molar-refractivity contribution in [2.45, 2.75) is 50.0 Å². The first-order valence-electron chi connectivity index (χ1n) is 13.1. The van der Waals surface area contributed by atoms with Crippen LogP contribution in [0.4, 0.5) is 14.5 Å². The maximum atomic E-state index is 13.8. The van der Waals surface area contributed by atoms with E-state index < -0.39 is 32.0 Å². The Kier molecular flexibility index (Phi) is 7.60. The summed E-state index contributed by atoms with van der Waals surface area (Å²) in [6.45, 7) is 5.08. The molecule has 0 unspecified atom stereocenters. The average Bonchev–Trinajstić information content (AvgIpc) is 3.32. The van der Waals surface area contributed by atoms with Crippen molar-refractivity contribution in [2.75, 3.05) is 25.0 Å². The summed E-state index contributed by atoms with van der Waals surface area (Å²) in [5, 5.41) is 13.5. The number of Topliss-reactive ketones (excluding diaryl/α,β-unsaturated/α-hetero) is 1. The zero-order valence-corrected chi connectivity index (χ0v) is 23.1. The molecule has 0 bridgehead atoms. The van der Waals surface area contributed by atoms with E-state index >= 15 is 0 Å². The molecule has 0 atom stereocenters. The Bertz CT molecular complexity index is 1540. The number of nitrogens with zero attached hydrogens (tertiary/aromatic N) is 2. The van der Waals surface area contributed by atoms with E-state index in [-0.39, 0.29) is 37.1 Å². The Labute approximate surface area is 231 Å². The molecular formula is C28H31F2N5O4S. The molecule has 0 saturated carbocycles. The van der Waals surface area contributed by atoms with Gasteiger partial charge in [0, 0.05) is 47.3 Å². The fourth-order valence-electron chi connectivity index (χ4n) is 5.43. The molecule has 0 radical (unpaired) electrons. The molecule has 3 aromatic rings. The molecule has 5 rings (SSSR count). The molecule has 9 nitrogen and oxygen atoms in total. The lowest BCUT2D eigenvalue weighted by Crippen LogP contribution is -2.45. The van der Waals surface area contributed by atoms with Gasteiger partial charge in [0.15, 0.2) is 5.78 Å². The van der Waals surface area contributed by atoms with Gasteiger partial charge in [-0.05, 0) is 50.2 Å². The minimum Gasteiger partial charge on any atom is -0.325 e. The van der Waals surface area contributed by atoms with E-state index in [0.29, 0.717) is 34.3 Å². The van der Waals surface area contributed by atoms with Crippen LogP contribution in [-0.2, 0) is 33.2 Å². The molecule has 2 aliphatic heterocycles. The smallest absolute Gasteiger partial charge is 0.243 e. The summed E-state index contributed by atoms with van der Waals surface area (Å²) in [6, 6.07) is 8.97. The largest absolute Gasteiger partial charge is 0.325 e. The number of nitrogens with one attached hydrogen (secondary N) is 3. The van der Waals surface area contributed by atoms with E-state index in [4.69, 9.17) is 0 Å². The maximum absolute atomic E-state index is 13.8. The van der Waals surface area contributed by atoms with E-state index in [1.807, 2.05) is 13.8 Å². The lowest BCUT2D eigenvalue weighted by atomic mass is 9.83. The highest BCUT2D eigenvalue weighted by molar-refractivity contribution is 7.89. The number of rotatable bonds is 7. The first-order valence-corrected chi connectivity index (χ1v) is 14.6. The molecule has 3 heterocycles. The van der Waals surface area contributed by atoms with Gasteiger partial charge < -0.3 is 10.6 Å². The fourth-order valence-corrected chi connectivity index (χ4v) is 7.05. The van der Waals surface area contributed by atoms with Gasteiger partial charge in [-0.2, -0.15) is 9.40 Å². The first kappa shape index (κ1) is 28.1. The molecule has 1 fully saturated rings. The van der Waals surface area contributed by atoms with E-state index in [1.54, 1.807) is 24.3 Å². The number of anilines is 1. The van der Waals surface area contributed by atoms with Crippen molar-refractivity contribution in [3.63, 3.8) is 0 Å². The van der Waals surface area contributed by atoms with Crippen molar-refractivity contribution >= 4 is 27.4 Å². The average molecular weight is 572 g/mol. The number of carbonyl (C=O) groups is 2. The number of para-hydroxylation sites is 1. The number of piperidine rings is 1. The van der Waals surface area contributed by atoms with E-state index in [9.17, 15) is 26.8 Å². The van der Waals surface area contributed by atoms with E-state index in [2.05, 4.69) is 20.8 Å². The summed E-state index contributed by atoms with van der Waals surface area (Å²) in [5.41, 5.74) is 1.62. The van der Waals surface area contributed by atoms with E-state index in [0.717, 1.165) is 42.4 Å². The van der Waals surface area contributed by atoms with Crippen LogP contribution >= 0.6 is 0 Å². The van der Waals surface area contributed by atoms with Crippen LogP contribution < -0.4 is 10.6 Å². The Morgan fingerprint density at radius 1 is 1.10 bits per heavy atom. The lowest BCUT2D eigenvalue weighted by molar-refractivity contribution is -0.120. The number of amides is 1. The normalized spacial score (nSPS) is 17.8. The second-order valence-corrected chi connectivity index (χ2v) is 12.9. The lowest BCUT2D eigenvalue weighted by Gasteiger charge is -2.36. The summed E-state index contributed by atoms with van der Waals surface area (Å²) >= 11 is 0. The first-order chi connectivity index (χ1) is 19.0. The van der Waals surface area contributed by atoms with Crippen molar-refractivity contribution in [3.05, 3.63) is 76.6 Å². The fraction of sp³-hybridized carbons (Fsp3) is 0.393. The predicted octanol–water partition coefficient (Wildman–Crippen LogP) is 3.53. The zero-order valence-electron chi connectivity index (χ0n) is 22.3. The van der Waals surface area contributed by atoms with Crippen LogP contribution in [0.15, 0.2) is 47.4 Å². The standard InChI is InChI=1S/C28H31F2N5O4S/c1-28(2)16-35(40(38,39)20-12-18(29)11-19(30)13-20)15-22-24(33-34-26(22)28)14-25(36)21-5-3-4-6-23(21)32-27(37)17-7-9-31-10-8-17/h3-6,11-13,17,31H,7-10,14-16H2,1-2H3,(H,32,37)(H,33,34). The summed E-state index contributed by atoms with van der Waals surface area (Å²) in [6.07, 6.45) is 1.33. The summed E-state index contributed by atoms with van der Waals surface area (Å²) < 4.78 is 55.6. The topological polar surface area (TPSA) is 124 Å².